The van der Waals surface area contributed by atoms with E-state index in [1.165, 1.54) is 32.1 Å². The summed E-state index contributed by atoms with van der Waals surface area (Å²) in [7, 11) is 0. The lowest BCUT2D eigenvalue weighted by atomic mass is 9.54. The Morgan fingerprint density at radius 2 is 1.47 bits per heavy atom. The van der Waals surface area contributed by atoms with Crippen molar-refractivity contribution in [1.29, 1.82) is 5.41 Å². The Morgan fingerprint density at radius 3 is 1.87 bits per heavy atom. The molecule has 0 aromatic rings. The second-order valence-electron chi connectivity index (χ2n) is 7.47. The van der Waals surface area contributed by atoms with E-state index in [1.54, 1.807) is 0 Å². The quantitative estimate of drug-likeness (QED) is 0.608. The van der Waals surface area contributed by atoms with Crippen LogP contribution < -0.4 is 0 Å². The van der Waals surface area contributed by atoms with Crippen molar-refractivity contribution in [3.05, 3.63) is 0 Å². The summed E-state index contributed by atoms with van der Waals surface area (Å²) in [5.74, 6) is 0. The van der Waals surface area contributed by atoms with E-state index in [-0.39, 0.29) is 5.41 Å². The Bertz CT molecular complexity index is 270. The zero-order valence-electron chi connectivity index (χ0n) is 10.7. The topological polar surface area (TPSA) is 23.9 Å². The van der Waals surface area contributed by atoms with Crippen LogP contribution in [0.25, 0.3) is 0 Å². The molecule has 0 amide bonds. The van der Waals surface area contributed by atoms with Gasteiger partial charge in [-0.3, -0.25) is 0 Å². The van der Waals surface area contributed by atoms with Crippen molar-refractivity contribution in [3.8, 4) is 0 Å². The van der Waals surface area contributed by atoms with Crippen molar-refractivity contribution in [1.82, 2.24) is 0 Å². The fourth-order valence-corrected chi connectivity index (χ4v) is 4.72. The Hall–Kier alpha value is -0.330. The highest BCUT2D eigenvalue weighted by molar-refractivity contribution is 5.89. The molecular formula is C14H25N. The molecule has 86 valence electrons. The predicted molar refractivity (Wildman–Crippen MR) is 65.4 cm³/mol. The molecule has 0 unspecified atom stereocenters. The van der Waals surface area contributed by atoms with Crippen LogP contribution in [-0.4, -0.2) is 5.71 Å². The summed E-state index contributed by atoms with van der Waals surface area (Å²) < 4.78 is 0. The van der Waals surface area contributed by atoms with Gasteiger partial charge < -0.3 is 5.41 Å². The second kappa shape index (κ2) is 3.09. The van der Waals surface area contributed by atoms with Gasteiger partial charge in [-0.05, 0) is 49.4 Å². The number of hydrogen-bond acceptors (Lipinski definition) is 1. The van der Waals surface area contributed by atoms with Crippen molar-refractivity contribution in [2.24, 2.45) is 16.2 Å². The van der Waals surface area contributed by atoms with Gasteiger partial charge in [-0.2, -0.15) is 0 Å². The molecule has 0 saturated heterocycles. The molecule has 1 N–H and O–H groups in total. The standard InChI is InChI=1S/C14H25N/c1-12(2)8-13(3,4)10-14(9-12)7-5-6-11(14)15/h15H,5-10H2,1-4H3. The first-order valence-corrected chi connectivity index (χ1v) is 6.33. The fourth-order valence-electron chi connectivity index (χ4n) is 4.72. The summed E-state index contributed by atoms with van der Waals surface area (Å²) in [6.45, 7) is 9.56. The first-order valence-electron chi connectivity index (χ1n) is 6.33. The van der Waals surface area contributed by atoms with Gasteiger partial charge in [-0.25, -0.2) is 0 Å². The van der Waals surface area contributed by atoms with E-state index in [0.717, 1.165) is 12.1 Å². The number of nitrogens with one attached hydrogen (secondary N) is 1. The van der Waals surface area contributed by atoms with Crippen LogP contribution in [0.3, 0.4) is 0 Å². The minimum atomic E-state index is 0.283. The van der Waals surface area contributed by atoms with Gasteiger partial charge in [0.05, 0.1) is 0 Å². The lowest BCUT2D eigenvalue weighted by Crippen LogP contribution is -2.43. The van der Waals surface area contributed by atoms with Gasteiger partial charge >= 0.3 is 0 Å². The molecule has 1 heteroatoms. The molecule has 2 fully saturated rings. The molecule has 0 aliphatic heterocycles. The van der Waals surface area contributed by atoms with Crippen molar-refractivity contribution in [2.45, 2.75) is 66.2 Å². The lowest BCUT2D eigenvalue weighted by molar-refractivity contribution is 0.0378. The zero-order chi connectivity index (χ0) is 11.3. The zero-order valence-corrected chi connectivity index (χ0v) is 10.7. The van der Waals surface area contributed by atoms with Crippen LogP contribution in [-0.2, 0) is 0 Å². The van der Waals surface area contributed by atoms with Crippen molar-refractivity contribution >= 4 is 5.71 Å². The van der Waals surface area contributed by atoms with Crippen molar-refractivity contribution in [2.75, 3.05) is 0 Å². The number of rotatable bonds is 0. The maximum absolute atomic E-state index is 8.24. The maximum atomic E-state index is 8.24. The van der Waals surface area contributed by atoms with E-state index in [2.05, 4.69) is 27.7 Å². The SMILES string of the molecule is CC1(C)CC(C)(C)CC2(CCCC2=N)C1. The predicted octanol–water partition coefficient (Wildman–Crippen LogP) is 4.41. The molecule has 0 aromatic heterocycles. The summed E-state index contributed by atoms with van der Waals surface area (Å²) >= 11 is 0. The highest BCUT2D eigenvalue weighted by Gasteiger charge is 2.50. The van der Waals surface area contributed by atoms with Gasteiger partial charge in [0, 0.05) is 11.1 Å². The van der Waals surface area contributed by atoms with Crippen molar-refractivity contribution < 1.29 is 0 Å². The molecule has 2 aliphatic carbocycles. The first-order chi connectivity index (χ1) is 6.75. The molecular weight excluding hydrogens is 182 g/mol. The third-order valence-electron chi connectivity index (χ3n) is 4.31. The molecule has 1 nitrogen and oxygen atoms in total. The minimum absolute atomic E-state index is 0.283. The van der Waals surface area contributed by atoms with Crippen LogP contribution in [0.15, 0.2) is 0 Å². The van der Waals surface area contributed by atoms with E-state index >= 15 is 0 Å². The Morgan fingerprint density at radius 1 is 0.933 bits per heavy atom. The van der Waals surface area contributed by atoms with Crippen LogP contribution >= 0.6 is 0 Å². The molecule has 0 aromatic carbocycles. The molecule has 0 heterocycles. The third-order valence-corrected chi connectivity index (χ3v) is 4.31. The summed E-state index contributed by atoms with van der Waals surface area (Å²) in [6, 6.07) is 0. The molecule has 2 rings (SSSR count). The highest BCUT2D eigenvalue weighted by Crippen LogP contribution is 2.58. The Kier molecular flexibility index (Phi) is 2.30. The normalized spacial score (nSPS) is 32.1. The smallest absolute Gasteiger partial charge is 0.0151 e. The lowest BCUT2D eigenvalue weighted by Gasteiger charge is -2.50. The average Bonchev–Trinajstić information content (AvgIpc) is 2.25. The van der Waals surface area contributed by atoms with Crippen LogP contribution in [0.5, 0.6) is 0 Å². The molecule has 0 bridgehead atoms. The molecule has 1 spiro atoms. The van der Waals surface area contributed by atoms with E-state index in [4.69, 9.17) is 5.41 Å². The molecule has 2 aliphatic rings. The van der Waals surface area contributed by atoms with Gasteiger partial charge in [0.15, 0.2) is 0 Å². The number of hydrogen-bond donors (Lipinski definition) is 1. The minimum Gasteiger partial charge on any atom is -0.309 e. The summed E-state index contributed by atoms with van der Waals surface area (Å²) in [5, 5.41) is 8.24. The van der Waals surface area contributed by atoms with Crippen LogP contribution in [0.2, 0.25) is 0 Å². The van der Waals surface area contributed by atoms with Crippen LogP contribution in [0, 0.1) is 21.7 Å². The molecule has 15 heavy (non-hydrogen) atoms. The summed E-state index contributed by atoms with van der Waals surface area (Å²) in [6.07, 6.45) is 7.41. The van der Waals surface area contributed by atoms with E-state index in [1.807, 2.05) is 0 Å². The van der Waals surface area contributed by atoms with E-state index in [9.17, 15) is 0 Å². The first kappa shape index (κ1) is 11.2. The van der Waals surface area contributed by atoms with Gasteiger partial charge in [-0.15, -0.1) is 0 Å². The highest BCUT2D eigenvalue weighted by atomic mass is 14.6. The summed E-state index contributed by atoms with van der Waals surface area (Å²) in [4.78, 5) is 0. The Labute approximate surface area is 94.2 Å². The van der Waals surface area contributed by atoms with E-state index in [0.29, 0.717) is 10.8 Å². The molecule has 2 saturated carbocycles. The second-order valence-corrected chi connectivity index (χ2v) is 7.47. The monoisotopic (exact) mass is 207 g/mol. The maximum Gasteiger partial charge on any atom is 0.0151 e. The van der Waals surface area contributed by atoms with Gasteiger partial charge in [0.25, 0.3) is 0 Å². The van der Waals surface area contributed by atoms with Crippen LogP contribution in [0.1, 0.15) is 66.2 Å². The summed E-state index contributed by atoms with van der Waals surface area (Å²) in [5.41, 5.74) is 2.20. The largest absolute Gasteiger partial charge is 0.309 e. The molecule has 0 atom stereocenters. The van der Waals surface area contributed by atoms with Crippen molar-refractivity contribution in [3.63, 3.8) is 0 Å². The Balaban J connectivity index is 2.30. The third kappa shape index (κ3) is 1.98. The van der Waals surface area contributed by atoms with Gasteiger partial charge in [-0.1, -0.05) is 27.7 Å². The van der Waals surface area contributed by atoms with Crippen LogP contribution in [0.4, 0.5) is 0 Å². The van der Waals surface area contributed by atoms with Gasteiger partial charge in [0.1, 0.15) is 0 Å². The van der Waals surface area contributed by atoms with E-state index < -0.39 is 0 Å². The molecule has 0 radical (unpaired) electrons. The van der Waals surface area contributed by atoms with Gasteiger partial charge in [0.2, 0.25) is 0 Å². The fraction of sp³-hybridized carbons (Fsp3) is 0.929. The average molecular weight is 207 g/mol.